The van der Waals surface area contributed by atoms with Crippen molar-refractivity contribution in [2.45, 2.75) is 76.9 Å². The first-order valence-electron chi connectivity index (χ1n) is 7.30. The van der Waals surface area contributed by atoms with Crippen molar-refractivity contribution in [1.29, 1.82) is 0 Å². The molecule has 2 unspecified atom stereocenters. The van der Waals surface area contributed by atoms with Crippen LogP contribution < -0.4 is 5.32 Å². The summed E-state index contributed by atoms with van der Waals surface area (Å²) in [6, 6.07) is 1.85. The fourth-order valence-corrected chi connectivity index (χ4v) is 3.39. The van der Waals surface area contributed by atoms with Gasteiger partial charge in [0.1, 0.15) is 0 Å². The molecule has 0 aromatic carbocycles. The van der Waals surface area contributed by atoms with Crippen LogP contribution in [0.5, 0.6) is 0 Å². The standard InChI is InChI=1S/C14H26N2O/c1-3-5-14(17)16(8-4-2)13-9-11-6-7-12(10-13)15-11/h11-13,15H,3-10H2,1-2H3. The molecule has 17 heavy (non-hydrogen) atoms. The molecule has 2 heterocycles. The van der Waals surface area contributed by atoms with Crippen molar-refractivity contribution in [3.63, 3.8) is 0 Å². The highest BCUT2D eigenvalue weighted by Gasteiger charge is 2.36. The van der Waals surface area contributed by atoms with Gasteiger partial charge < -0.3 is 10.2 Å². The molecule has 2 atom stereocenters. The summed E-state index contributed by atoms with van der Waals surface area (Å²) in [6.07, 6.45) is 7.73. The summed E-state index contributed by atoms with van der Waals surface area (Å²) in [4.78, 5) is 14.3. The highest BCUT2D eigenvalue weighted by Crippen LogP contribution is 2.30. The zero-order valence-electron chi connectivity index (χ0n) is 11.2. The Bertz CT molecular complexity index is 255. The number of amides is 1. The van der Waals surface area contributed by atoms with Gasteiger partial charge in [0.15, 0.2) is 0 Å². The van der Waals surface area contributed by atoms with Gasteiger partial charge in [-0.05, 0) is 38.5 Å². The first kappa shape index (κ1) is 12.9. The monoisotopic (exact) mass is 238 g/mol. The Labute approximate surface area is 105 Å². The Morgan fingerprint density at radius 1 is 1.18 bits per heavy atom. The lowest BCUT2D eigenvalue weighted by molar-refractivity contribution is -0.134. The van der Waals surface area contributed by atoms with Gasteiger partial charge in [0, 0.05) is 31.1 Å². The first-order chi connectivity index (χ1) is 8.24. The SMILES string of the molecule is CCCC(=O)N(CCC)C1CC2CCC(C1)N2. The maximum absolute atomic E-state index is 12.2. The summed E-state index contributed by atoms with van der Waals surface area (Å²) in [5, 5.41) is 3.65. The second-order valence-electron chi connectivity index (χ2n) is 5.60. The number of rotatable bonds is 5. The molecule has 0 radical (unpaired) electrons. The van der Waals surface area contributed by atoms with E-state index in [-0.39, 0.29) is 0 Å². The van der Waals surface area contributed by atoms with Crippen LogP contribution in [-0.4, -0.2) is 35.5 Å². The number of carbonyl (C=O) groups is 1. The average molecular weight is 238 g/mol. The molecule has 0 aliphatic carbocycles. The Balaban J connectivity index is 1.97. The smallest absolute Gasteiger partial charge is 0.222 e. The molecule has 0 spiro atoms. The quantitative estimate of drug-likeness (QED) is 0.797. The van der Waals surface area contributed by atoms with E-state index < -0.39 is 0 Å². The van der Waals surface area contributed by atoms with Crippen LogP contribution >= 0.6 is 0 Å². The largest absolute Gasteiger partial charge is 0.340 e. The molecule has 2 rings (SSSR count). The number of hydrogen-bond donors (Lipinski definition) is 1. The Hall–Kier alpha value is -0.570. The van der Waals surface area contributed by atoms with Crippen molar-refractivity contribution in [3.8, 4) is 0 Å². The van der Waals surface area contributed by atoms with E-state index in [1.807, 2.05) is 0 Å². The predicted molar refractivity (Wildman–Crippen MR) is 69.9 cm³/mol. The highest BCUT2D eigenvalue weighted by molar-refractivity contribution is 5.76. The van der Waals surface area contributed by atoms with Crippen LogP contribution in [0.3, 0.4) is 0 Å². The lowest BCUT2D eigenvalue weighted by Gasteiger charge is -2.38. The number of carbonyl (C=O) groups excluding carboxylic acids is 1. The number of nitrogens with zero attached hydrogens (tertiary/aromatic N) is 1. The van der Waals surface area contributed by atoms with Crippen LogP contribution in [0.1, 0.15) is 58.8 Å². The van der Waals surface area contributed by atoms with Crippen LogP contribution in [-0.2, 0) is 4.79 Å². The lowest BCUT2D eigenvalue weighted by atomic mass is 9.97. The number of hydrogen-bond acceptors (Lipinski definition) is 2. The molecule has 0 aromatic heterocycles. The fourth-order valence-electron chi connectivity index (χ4n) is 3.39. The molecule has 0 aromatic rings. The highest BCUT2D eigenvalue weighted by atomic mass is 16.2. The number of fused-ring (bicyclic) bond motifs is 2. The van der Waals surface area contributed by atoms with E-state index in [4.69, 9.17) is 0 Å². The van der Waals surface area contributed by atoms with Crippen LogP contribution in [0.2, 0.25) is 0 Å². The van der Waals surface area contributed by atoms with Crippen molar-refractivity contribution in [2.24, 2.45) is 0 Å². The van der Waals surface area contributed by atoms with Gasteiger partial charge in [0.2, 0.25) is 5.91 Å². The van der Waals surface area contributed by atoms with Crippen molar-refractivity contribution in [3.05, 3.63) is 0 Å². The molecule has 98 valence electrons. The summed E-state index contributed by atoms with van der Waals surface area (Å²) in [5.41, 5.74) is 0. The second-order valence-corrected chi connectivity index (χ2v) is 5.60. The molecule has 3 heteroatoms. The Morgan fingerprint density at radius 2 is 1.82 bits per heavy atom. The van der Waals surface area contributed by atoms with E-state index in [2.05, 4.69) is 24.1 Å². The summed E-state index contributed by atoms with van der Waals surface area (Å²) in [6.45, 7) is 5.21. The van der Waals surface area contributed by atoms with Gasteiger partial charge in [-0.1, -0.05) is 13.8 Å². The lowest BCUT2D eigenvalue weighted by Crippen LogP contribution is -2.50. The van der Waals surface area contributed by atoms with Crippen LogP contribution in [0, 0.1) is 0 Å². The topological polar surface area (TPSA) is 32.3 Å². The van der Waals surface area contributed by atoms with Gasteiger partial charge in [0.25, 0.3) is 0 Å². The summed E-state index contributed by atoms with van der Waals surface area (Å²) < 4.78 is 0. The average Bonchev–Trinajstić information content (AvgIpc) is 2.65. The van der Waals surface area contributed by atoms with Crippen LogP contribution in [0.25, 0.3) is 0 Å². The first-order valence-corrected chi connectivity index (χ1v) is 7.30. The summed E-state index contributed by atoms with van der Waals surface area (Å²) in [7, 11) is 0. The summed E-state index contributed by atoms with van der Waals surface area (Å²) in [5.74, 6) is 0.376. The zero-order valence-corrected chi connectivity index (χ0v) is 11.2. The molecule has 1 N–H and O–H groups in total. The molecular formula is C14H26N2O. The third-order valence-corrected chi connectivity index (χ3v) is 4.14. The molecule has 2 aliphatic rings. The van der Waals surface area contributed by atoms with E-state index >= 15 is 0 Å². The van der Waals surface area contributed by atoms with Crippen molar-refractivity contribution in [1.82, 2.24) is 10.2 Å². The van der Waals surface area contributed by atoms with Gasteiger partial charge in [-0.3, -0.25) is 4.79 Å². The van der Waals surface area contributed by atoms with Crippen LogP contribution in [0.15, 0.2) is 0 Å². The molecule has 2 aliphatic heterocycles. The predicted octanol–water partition coefficient (Wildman–Crippen LogP) is 2.31. The Morgan fingerprint density at radius 3 is 2.35 bits per heavy atom. The van der Waals surface area contributed by atoms with Gasteiger partial charge in [0.05, 0.1) is 0 Å². The normalized spacial score (nSPS) is 31.5. The molecule has 3 nitrogen and oxygen atoms in total. The zero-order chi connectivity index (χ0) is 12.3. The van der Waals surface area contributed by atoms with Crippen molar-refractivity contribution < 1.29 is 4.79 Å². The van der Waals surface area contributed by atoms with Gasteiger partial charge in [-0.25, -0.2) is 0 Å². The molecular weight excluding hydrogens is 212 g/mol. The van der Waals surface area contributed by atoms with Gasteiger partial charge in [-0.15, -0.1) is 0 Å². The van der Waals surface area contributed by atoms with E-state index in [1.54, 1.807) is 0 Å². The van der Waals surface area contributed by atoms with Crippen molar-refractivity contribution >= 4 is 5.91 Å². The minimum Gasteiger partial charge on any atom is -0.340 e. The fraction of sp³-hybridized carbons (Fsp3) is 0.929. The Kier molecular flexibility index (Phi) is 4.43. The maximum atomic E-state index is 12.2. The third-order valence-electron chi connectivity index (χ3n) is 4.14. The van der Waals surface area contributed by atoms with E-state index in [0.717, 1.165) is 25.8 Å². The maximum Gasteiger partial charge on any atom is 0.222 e. The van der Waals surface area contributed by atoms with Crippen LogP contribution in [0.4, 0.5) is 0 Å². The number of piperidine rings is 1. The molecule has 1 amide bonds. The second kappa shape index (κ2) is 5.85. The summed E-state index contributed by atoms with van der Waals surface area (Å²) >= 11 is 0. The van der Waals surface area contributed by atoms with E-state index in [9.17, 15) is 4.79 Å². The minimum atomic E-state index is 0.376. The van der Waals surface area contributed by atoms with Gasteiger partial charge >= 0.3 is 0 Å². The van der Waals surface area contributed by atoms with Crippen molar-refractivity contribution in [2.75, 3.05) is 6.54 Å². The third kappa shape index (κ3) is 3.01. The van der Waals surface area contributed by atoms with E-state index in [1.165, 1.54) is 25.7 Å². The van der Waals surface area contributed by atoms with Gasteiger partial charge in [-0.2, -0.15) is 0 Å². The molecule has 0 saturated carbocycles. The van der Waals surface area contributed by atoms with E-state index in [0.29, 0.717) is 24.0 Å². The molecule has 2 fully saturated rings. The minimum absolute atomic E-state index is 0.376. The molecule has 2 saturated heterocycles. The number of nitrogens with one attached hydrogen (secondary N) is 1. The molecule has 2 bridgehead atoms.